The van der Waals surface area contributed by atoms with Crippen molar-refractivity contribution in [3.8, 4) is 0 Å². The Kier molecular flexibility index (Phi) is 5.98. The van der Waals surface area contributed by atoms with E-state index < -0.39 is 0 Å². The number of benzene rings is 1. The molecule has 0 bridgehead atoms. The molecule has 0 fully saturated rings. The van der Waals surface area contributed by atoms with Crippen LogP contribution >= 0.6 is 23.2 Å². The molecular weight excluding hydrogens is 275 g/mol. The molecule has 0 amide bonds. The average molecular weight is 289 g/mol. The Morgan fingerprint density at radius 1 is 1.50 bits per heavy atom. The maximum atomic E-state index is 11.2. The van der Waals surface area contributed by atoms with Gasteiger partial charge in [-0.2, -0.15) is 0 Å². The Morgan fingerprint density at radius 2 is 2.22 bits per heavy atom. The summed E-state index contributed by atoms with van der Waals surface area (Å²) in [5, 5.41) is 3.71. The topological polar surface area (TPSA) is 64.3 Å². The molecule has 0 saturated carbocycles. The van der Waals surface area contributed by atoms with E-state index in [0.29, 0.717) is 27.8 Å². The van der Waals surface area contributed by atoms with Crippen molar-refractivity contribution in [3.63, 3.8) is 0 Å². The van der Waals surface area contributed by atoms with E-state index in [1.165, 1.54) is 6.08 Å². The van der Waals surface area contributed by atoms with Gasteiger partial charge in [-0.15, -0.1) is 0 Å². The first-order valence-corrected chi connectivity index (χ1v) is 6.01. The number of anilines is 1. The molecule has 0 radical (unpaired) electrons. The quantitative estimate of drug-likeness (QED) is 0.479. The highest BCUT2D eigenvalue weighted by molar-refractivity contribution is 6.42. The van der Waals surface area contributed by atoms with Crippen molar-refractivity contribution in [1.82, 2.24) is 5.32 Å². The average Bonchev–Trinajstić information content (AvgIpc) is 2.35. The Labute approximate surface area is 116 Å². The van der Waals surface area contributed by atoms with Gasteiger partial charge in [-0.25, -0.2) is 0 Å². The molecule has 1 rings (SSSR count). The predicted octanol–water partition coefficient (Wildman–Crippen LogP) is 2.39. The largest absolute Gasteiger partial charge is 0.461 e. The molecule has 4 nitrogen and oxygen atoms in total. The lowest BCUT2D eigenvalue weighted by molar-refractivity contribution is -0.141. The second kappa shape index (κ2) is 7.26. The first kappa shape index (κ1) is 14.8. The molecule has 0 unspecified atom stereocenters. The van der Waals surface area contributed by atoms with Gasteiger partial charge in [-0.3, -0.25) is 4.79 Å². The van der Waals surface area contributed by atoms with Crippen LogP contribution < -0.4 is 11.1 Å². The first-order valence-electron chi connectivity index (χ1n) is 5.25. The first-order chi connectivity index (χ1) is 8.56. The molecule has 6 heteroatoms. The summed E-state index contributed by atoms with van der Waals surface area (Å²) in [4.78, 5) is 11.2. The van der Waals surface area contributed by atoms with E-state index in [4.69, 9.17) is 33.7 Å². The van der Waals surface area contributed by atoms with Gasteiger partial charge in [0.15, 0.2) is 0 Å². The Bertz CT molecular complexity index is 450. The van der Waals surface area contributed by atoms with Crippen LogP contribution in [0, 0.1) is 0 Å². The Hall–Kier alpha value is -1.23. The molecule has 1 aromatic rings. The lowest BCUT2D eigenvalue weighted by Crippen LogP contribution is -2.25. The van der Waals surface area contributed by atoms with Gasteiger partial charge in [0.2, 0.25) is 0 Å². The molecule has 1 aromatic carbocycles. The van der Waals surface area contributed by atoms with Crippen LogP contribution in [0.1, 0.15) is 5.56 Å². The van der Waals surface area contributed by atoms with Crippen molar-refractivity contribution in [2.24, 2.45) is 0 Å². The van der Waals surface area contributed by atoms with E-state index in [2.05, 4.69) is 11.9 Å². The van der Waals surface area contributed by atoms with Crippen LogP contribution in [0.5, 0.6) is 0 Å². The number of hydrogen-bond acceptors (Lipinski definition) is 4. The number of nitrogens with two attached hydrogens (primary N) is 1. The van der Waals surface area contributed by atoms with Gasteiger partial charge in [0, 0.05) is 17.8 Å². The molecule has 98 valence electrons. The zero-order chi connectivity index (χ0) is 13.5. The summed E-state index contributed by atoms with van der Waals surface area (Å²) < 4.78 is 4.80. The molecule has 0 aromatic heterocycles. The fraction of sp³-hybridized carbons (Fsp3) is 0.250. The van der Waals surface area contributed by atoms with Gasteiger partial charge in [0.05, 0.1) is 16.6 Å². The zero-order valence-corrected chi connectivity index (χ0v) is 11.2. The monoisotopic (exact) mass is 288 g/mol. The number of rotatable bonds is 6. The number of esters is 1. The minimum Gasteiger partial charge on any atom is -0.461 e. The second-order valence-corrected chi connectivity index (χ2v) is 4.29. The van der Waals surface area contributed by atoms with Crippen molar-refractivity contribution in [3.05, 3.63) is 40.4 Å². The molecule has 3 N–H and O–H groups in total. The van der Waals surface area contributed by atoms with Crippen molar-refractivity contribution >= 4 is 34.9 Å². The van der Waals surface area contributed by atoms with Gasteiger partial charge in [-0.05, 0) is 12.1 Å². The molecule has 18 heavy (non-hydrogen) atoms. The summed E-state index contributed by atoms with van der Waals surface area (Å²) in [6.45, 7) is 4.05. The molecular formula is C12H14Cl2N2O2. The predicted molar refractivity (Wildman–Crippen MR) is 73.7 cm³/mol. The minimum atomic E-state index is -0.369. The number of halogens is 2. The Balaban J connectivity index is 2.51. The zero-order valence-electron chi connectivity index (χ0n) is 9.71. The third-order valence-corrected chi connectivity index (χ3v) is 3.01. The summed E-state index contributed by atoms with van der Waals surface area (Å²) >= 11 is 11.9. The van der Waals surface area contributed by atoms with Gasteiger partial charge in [0.1, 0.15) is 6.61 Å². The molecule has 0 spiro atoms. The van der Waals surface area contributed by atoms with Crippen LogP contribution in [0.3, 0.4) is 0 Å². The Morgan fingerprint density at radius 3 is 2.89 bits per heavy atom. The highest BCUT2D eigenvalue weighted by Gasteiger charge is 2.09. The van der Waals surface area contributed by atoms with Crippen LogP contribution in [-0.2, 0) is 16.1 Å². The van der Waals surface area contributed by atoms with E-state index in [-0.39, 0.29) is 19.1 Å². The third-order valence-electron chi connectivity index (χ3n) is 2.17. The summed E-state index contributed by atoms with van der Waals surface area (Å²) in [5.74, 6) is -0.369. The van der Waals surface area contributed by atoms with E-state index in [0.717, 1.165) is 0 Å². The maximum absolute atomic E-state index is 11.2. The van der Waals surface area contributed by atoms with Gasteiger partial charge in [-0.1, -0.05) is 35.9 Å². The summed E-state index contributed by atoms with van der Waals surface area (Å²) in [6.07, 6.45) is 1.50. The third kappa shape index (κ3) is 4.22. The number of nitrogen functional groups attached to an aromatic ring is 1. The fourth-order valence-electron chi connectivity index (χ4n) is 1.28. The van der Waals surface area contributed by atoms with Crippen LogP contribution in [0.25, 0.3) is 0 Å². The molecule has 0 aliphatic heterocycles. The van der Waals surface area contributed by atoms with Crippen molar-refractivity contribution in [2.75, 3.05) is 18.9 Å². The molecule has 0 atom stereocenters. The van der Waals surface area contributed by atoms with Crippen LogP contribution in [0.2, 0.25) is 10.0 Å². The van der Waals surface area contributed by atoms with E-state index in [1.807, 2.05) is 0 Å². The van der Waals surface area contributed by atoms with Crippen molar-refractivity contribution in [2.45, 2.75) is 6.54 Å². The number of ether oxygens (including phenoxy) is 1. The molecule has 0 aliphatic carbocycles. The maximum Gasteiger partial charge on any atom is 0.320 e. The lowest BCUT2D eigenvalue weighted by atomic mass is 10.2. The van der Waals surface area contributed by atoms with Crippen molar-refractivity contribution < 1.29 is 9.53 Å². The number of nitrogens with one attached hydrogen (secondary N) is 1. The minimum absolute atomic E-state index is 0.0656. The molecule has 0 aliphatic rings. The second-order valence-electron chi connectivity index (χ2n) is 3.50. The molecule has 0 saturated heterocycles. The van der Waals surface area contributed by atoms with E-state index >= 15 is 0 Å². The normalized spacial score (nSPS) is 10.1. The van der Waals surface area contributed by atoms with Crippen LogP contribution in [0.15, 0.2) is 24.8 Å². The highest BCUT2D eigenvalue weighted by atomic mass is 35.5. The van der Waals surface area contributed by atoms with E-state index in [1.54, 1.807) is 12.1 Å². The van der Waals surface area contributed by atoms with Crippen LogP contribution in [0.4, 0.5) is 5.69 Å². The van der Waals surface area contributed by atoms with E-state index in [9.17, 15) is 4.79 Å². The fourth-order valence-corrected chi connectivity index (χ4v) is 1.70. The smallest absolute Gasteiger partial charge is 0.320 e. The van der Waals surface area contributed by atoms with Crippen molar-refractivity contribution in [1.29, 1.82) is 0 Å². The van der Waals surface area contributed by atoms with Gasteiger partial charge in [0.25, 0.3) is 0 Å². The summed E-state index contributed by atoms with van der Waals surface area (Å²) in [5.41, 5.74) is 6.97. The lowest BCUT2D eigenvalue weighted by Gasteiger charge is -2.10. The van der Waals surface area contributed by atoms with Gasteiger partial charge >= 0.3 is 5.97 Å². The standard InChI is InChI=1S/C12H14Cl2N2O2/c1-2-5-18-11(17)7-16-6-8-10(15)4-3-9(13)12(8)14/h2-4,16H,1,5-7,15H2. The SMILES string of the molecule is C=CCOC(=O)CNCc1c(N)ccc(Cl)c1Cl. The number of carbonyl (C=O) groups is 1. The summed E-state index contributed by atoms with van der Waals surface area (Å²) in [7, 11) is 0. The van der Waals surface area contributed by atoms with Gasteiger partial charge < -0.3 is 15.8 Å². The molecule has 0 heterocycles. The van der Waals surface area contributed by atoms with Crippen LogP contribution in [-0.4, -0.2) is 19.1 Å². The number of hydrogen-bond donors (Lipinski definition) is 2. The highest BCUT2D eigenvalue weighted by Crippen LogP contribution is 2.29. The summed E-state index contributed by atoms with van der Waals surface area (Å²) in [6, 6.07) is 3.29. The number of carbonyl (C=O) groups excluding carboxylic acids is 1.